The van der Waals surface area contributed by atoms with Crippen LogP contribution in [0.25, 0.3) is 11.3 Å². The van der Waals surface area contributed by atoms with Crippen molar-refractivity contribution in [1.29, 1.82) is 0 Å². The summed E-state index contributed by atoms with van der Waals surface area (Å²) in [4.78, 5) is 16.5. The predicted molar refractivity (Wildman–Crippen MR) is 133 cm³/mol. The van der Waals surface area contributed by atoms with Gasteiger partial charge in [0.25, 0.3) is 0 Å². The van der Waals surface area contributed by atoms with Gasteiger partial charge in [0.15, 0.2) is 0 Å². The number of ether oxygens (including phenoxy) is 2. The topological polar surface area (TPSA) is 68.7 Å². The highest BCUT2D eigenvalue weighted by Crippen LogP contribution is 2.33. The summed E-state index contributed by atoms with van der Waals surface area (Å²) in [6.07, 6.45) is 0. The zero-order chi connectivity index (χ0) is 24.1. The first kappa shape index (κ1) is 23.3. The Morgan fingerprint density at radius 3 is 2.38 bits per heavy atom. The van der Waals surface area contributed by atoms with Crippen LogP contribution in [0.1, 0.15) is 32.7 Å². The molecule has 1 aromatic heterocycles. The summed E-state index contributed by atoms with van der Waals surface area (Å²) in [6.45, 7) is 4.35. The van der Waals surface area contributed by atoms with Crippen LogP contribution in [0.4, 0.5) is 0 Å². The molecule has 0 radical (unpaired) electrons. The van der Waals surface area contributed by atoms with E-state index in [0.29, 0.717) is 40.1 Å². The molecular formula is C28H24ClNO4. The maximum absolute atomic E-state index is 11.8. The van der Waals surface area contributed by atoms with Crippen LogP contribution in [0.5, 0.6) is 11.5 Å². The van der Waals surface area contributed by atoms with E-state index in [1.165, 1.54) is 0 Å². The van der Waals surface area contributed by atoms with Crippen molar-refractivity contribution in [3.8, 4) is 22.8 Å². The fourth-order valence-corrected chi connectivity index (χ4v) is 3.79. The number of nitrogens with zero attached hydrogens (tertiary/aromatic N) is 1. The lowest BCUT2D eigenvalue weighted by molar-refractivity contribution is 0.0693. The Kier molecular flexibility index (Phi) is 7.14. The van der Waals surface area contributed by atoms with Crippen LogP contribution in [0.3, 0.4) is 0 Å². The van der Waals surface area contributed by atoms with Gasteiger partial charge in [-0.1, -0.05) is 59.6 Å². The zero-order valence-electron chi connectivity index (χ0n) is 18.9. The number of hydrogen-bond donors (Lipinski definition) is 1. The molecule has 4 rings (SSSR count). The molecule has 0 unspecified atom stereocenters. The summed E-state index contributed by atoms with van der Waals surface area (Å²) < 4.78 is 12.0. The number of pyridine rings is 1. The van der Waals surface area contributed by atoms with Crippen molar-refractivity contribution in [2.75, 3.05) is 0 Å². The van der Waals surface area contributed by atoms with Gasteiger partial charge in [0, 0.05) is 10.6 Å². The molecule has 0 saturated carbocycles. The quantitative estimate of drug-likeness (QED) is 0.302. The number of benzene rings is 3. The second-order valence-electron chi connectivity index (χ2n) is 7.97. The third-order valence-electron chi connectivity index (χ3n) is 5.36. The van der Waals surface area contributed by atoms with Gasteiger partial charge in [-0.25, -0.2) is 9.78 Å². The number of aryl methyl sites for hydroxylation is 2. The Bertz CT molecular complexity index is 1320. The van der Waals surface area contributed by atoms with E-state index in [4.69, 9.17) is 21.1 Å². The van der Waals surface area contributed by atoms with E-state index in [0.717, 1.165) is 16.7 Å². The van der Waals surface area contributed by atoms with Crippen LogP contribution in [0.2, 0.25) is 5.02 Å². The molecule has 0 atom stereocenters. The van der Waals surface area contributed by atoms with E-state index in [2.05, 4.69) is 4.98 Å². The van der Waals surface area contributed by atoms with Crippen LogP contribution in [0, 0.1) is 13.8 Å². The van der Waals surface area contributed by atoms with Crippen molar-refractivity contribution in [2.24, 2.45) is 0 Å². The molecular weight excluding hydrogens is 450 g/mol. The molecule has 0 saturated heterocycles. The molecule has 1 N–H and O–H groups in total. The van der Waals surface area contributed by atoms with Gasteiger partial charge in [0.1, 0.15) is 24.7 Å². The highest BCUT2D eigenvalue weighted by Gasteiger charge is 2.17. The number of aromatic nitrogens is 1. The van der Waals surface area contributed by atoms with Crippen molar-refractivity contribution in [1.82, 2.24) is 4.98 Å². The van der Waals surface area contributed by atoms with E-state index < -0.39 is 5.97 Å². The minimum Gasteiger partial charge on any atom is -0.488 e. The summed E-state index contributed by atoms with van der Waals surface area (Å²) in [5.74, 6) is 0.190. The van der Waals surface area contributed by atoms with Crippen molar-refractivity contribution >= 4 is 17.6 Å². The minimum atomic E-state index is -1.06. The third kappa shape index (κ3) is 5.56. The van der Waals surface area contributed by atoms with Crippen LogP contribution in [0.15, 0.2) is 78.9 Å². The second-order valence-corrected chi connectivity index (χ2v) is 8.40. The van der Waals surface area contributed by atoms with E-state index in [1.807, 2.05) is 68.4 Å². The minimum absolute atomic E-state index is 0.0210. The average molecular weight is 474 g/mol. The van der Waals surface area contributed by atoms with Crippen LogP contribution >= 0.6 is 11.6 Å². The van der Waals surface area contributed by atoms with Gasteiger partial charge in [0.2, 0.25) is 0 Å². The van der Waals surface area contributed by atoms with Gasteiger partial charge in [0.05, 0.1) is 17.0 Å². The first-order valence-electron chi connectivity index (χ1n) is 10.8. The maximum atomic E-state index is 11.8. The molecule has 0 spiro atoms. The smallest absolute Gasteiger partial charge is 0.337 e. The third-order valence-corrected chi connectivity index (χ3v) is 5.59. The Labute approximate surface area is 203 Å². The molecule has 0 fully saturated rings. The molecule has 0 aliphatic rings. The Morgan fingerprint density at radius 1 is 0.882 bits per heavy atom. The lowest BCUT2D eigenvalue weighted by Crippen LogP contribution is -2.09. The molecule has 5 nitrogen and oxygen atoms in total. The van der Waals surface area contributed by atoms with Crippen LogP contribution in [-0.2, 0) is 13.2 Å². The molecule has 172 valence electrons. The van der Waals surface area contributed by atoms with Gasteiger partial charge in [-0.2, -0.15) is 0 Å². The number of carbonyl (C=O) groups is 1. The SMILES string of the molecule is Cc1ccc(OCc2nc(-c3ccc(Cl)cc3OCc3ccccc3)ccc2C(=O)O)c(C)c1. The van der Waals surface area contributed by atoms with Gasteiger partial charge < -0.3 is 14.6 Å². The summed E-state index contributed by atoms with van der Waals surface area (Å²) in [5.41, 5.74) is 4.83. The fourth-order valence-electron chi connectivity index (χ4n) is 3.63. The lowest BCUT2D eigenvalue weighted by atomic mass is 10.1. The summed E-state index contributed by atoms with van der Waals surface area (Å²) in [5, 5.41) is 10.2. The van der Waals surface area contributed by atoms with E-state index in [9.17, 15) is 9.90 Å². The highest BCUT2D eigenvalue weighted by atomic mass is 35.5. The van der Waals surface area contributed by atoms with E-state index in [1.54, 1.807) is 24.3 Å². The summed E-state index contributed by atoms with van der Waals surface area (Å²) >= 11 is 6.23. The van der Waals surface area contributed by atoms with Crippen molar-refractivity contribution in [3.63, 3.8) is 0 Å². The number of carboxylic acid groups (broad SMARTS) is 1. The first-order valence-corrected chi connectivity index (χ1v) is 11.2. The monoisotopic (exact) mass is 473 g/mol. The Morgan fingerprint density at radius 2 is 1.65 bits per heavy atom. The molecule has 0 aliphatic heterocycles. The number of hydrogen-bond acceptors (Lipinski definition) is 4. The summed E-state index contributed by atoms with van der Waals surface area (Å²) in [7, 11) is 0. The van der Waals surface area contributed by atoms with E-state index in [-0.39, 0.29) is 12.2 Å². The maximum Gasteiger partial charge on any atom is 0.337 e. The van der Waals surface area contributed by atoms with Crippen LogP contribution < -0.4 is 9.47 Å². The normalized spacial score (nSPS) is 10.7. The van der Waals surface area contributed by atoms with E-state index >= 15 is 0 Å². The molecule has 1 heterocycles. The molecule has 3 aromatic carbocycles. The highest BCUT2D eigenvalue weighted by molar-refractivity contribution is 6.30. The number of halogens is 1. The number of carboxylic acids is 1. The van der Waals surface area contributed by atoms with Gasteiger partial charge in [-0.05, 0) is 61.4 Å². The largest absolute Gasteiger partial charge is 0.488 e. The standard InChI is InChI=1S/C28H24ClNO4/c1-18-8-13-26(19(2)14-18)34-17-25-23(28(31)32)11-12-24(30-25)22-10-9-21(29)15-27(22)33-16-20-6-4-3-5-7-20/h3-15H,16-17H2,1-2H3,(H,31,32). The lowest BCUT2D eigenvalue weighted by Gasteiger charge is -2.15. The van der Waals surface area contributed by atoms with Crippen LogP contribution in [-0.4, -0.2) is 16.1 Å². The predicted octanol–water partition coefficient (Wildman–Crippen LogP) is 6.88. The molecule has 0 bridgehead atoms. The second kappa shape index (κ2) is 10.4. The van der Waals surface area contributed by atoms with Crippen molar-refractivity contribution in [2.45, 2.75) is 27.1 Å². The van der Waals surface area contributed by atoms with Gasteiger partial charge in [-0.15, -0.1) is 0 Å². The fraction of sp³-hybridized carbons (Fsp3) is 0.143. The first-order chi connectivity index (χ1) is 16.4. The van der Waals surface area contributed by atoms with Crippen molar-refractivity contribution < 1.29 is 19.4 Å². The Balaban J connectivity index is 1.64. The van der Waals surface area contributed by atoms with Gasteiger partial charge >= 0.3 is 5.97 Å². The zero-order valence-corrected chi connectivity index (χ0v) is 19.7. The summed E-state index contributed by atoms with van der Waals surface area (Å²) in [6, 6.07) is 24.2. The van der Waals surface area contributed by atoms with Crippen molar-refractivity contribution in [3.05, 3.63) is 112 Å². The molecule has 0 aliphatic carbocycles. The molecule has 34 heavy (non-hydrogen) atoms. The van der Waals surface area contributed by atoms with Gasteiger partial charge in [-0.3, -0.25) is 0 Å². The number of rotatable bonds is 8. The Hall–Kier alpha value is -3.83. The average Bonchev–Trinajstić information content (AvgIpc) is 2.82. The number of aromatic carboxylic acids is 1. The molecule has 0 amide bonds. The molecule has 4 aromatic rings. The molecule has 6 heteroatoms.